The van der Waals surface area contributed by atoms with Crippen molar-refractivity contribution in [3.8, 4) is 10.6 Å². The van der Waals surface area contributed by atoms with Crippen LogP contribution in [0.4, 0.5) is 8.78 Å². The molecule has 1 heterocycles. The highest BCUT2D eigenvalue weighted by Crippen LogP contribution is 2.29. The van der Waals surface area contributed by atoms with Crippen LogP contribution in [0.5, 0.6) is 0 Å². The summed E-state index contributed by atoms with van der Waals surface area (Å²) in [6.45, 7) is 0. The summed E-state index contributed by atoms with van der Waals surface area (Å²) in [5.41, 5.74) is 0.0556. The van der Waals surface area contributed by atoms with E-state index >= 15 is 0 Å². The Morgan fingerprint density at radius 1 is 1.27 bits per heavy atom. The molecular formula is C8H2BrClF2N2S. The van der Waals surface area contributed by atoms with Crippen LogP contribution in [-0.2, 0) is 0 Å². The summed E-state index contributed by atoms with van der Waals surface area (Å²) in [6.07, 6.45) is 0. The quantitative estimate of drug-likeness (QED) is 0.747. The van der Waals surface area contributed by atoms with Crippen LogP contribution in [0.1, 0.15) is 0 Å². The van der Waals surface area contributed by atoms with Gasteiger partial charge < -0.3 is 0 Å². The lowest BCUT2D eigenvalue weighted by atomic mass is 10.2. The third-order valence-electron chi connectivity index (χ3n) is 1.64. The van der Waals surface area contributed by atoms with Gasteiger partial charge in [-0.15, -0.1) is 0 Å². The summed E-state index contributed by atoms with van der Waals surface area (Å²) in [6, 6.07) is 1.92. The van der Waals surface area contributed by atoms with Gasteiger partial charge in [0, 0.05) is 0 Å². The number of hydrogen-bond acceptors (Lipinski definition) is 3. The van der Waals surface area contributed by atoms with Gasteiger partial charge in [-0.2, -0.15) is 4.37 Å². The topological polar surface area (TPSA) is 25.8 Å². The molecule has 2 rings (SSSR count). The number of rotatable bonds is 1. The van der Waals surface area contributed by atoms with Gasteiger partial charge in [-0.05, 0) is 39.6 Å². The lowest BCUT2D eigenvalue weighted by Gasteiger charge is -2.00. The summed E-state index contributed by atoms with van der Waals surface area (Å²) in [4.78, 5) is 3.89. The van der Waals surface area contributed by atoms with Crippen LogP contribution in [0.2, 0.25) is 5.02 Å². The molecule has 0 saturated carbocycles. The first kappa shape index (κ1) is 10.9. The van der Waals surface area contributed by atoms with E-state index in [1.165, 1.54) is 0 Å². The molecule has 0 atom stereocenters. The summed E-state index contributed by atoms with van der Waals surface area (Å²) >= 11 is 9.43. The predicted octanol–water partition coefficient (Wildman–Crippen LogP) is 3.90. The molecular weight excluding hydrogens is 310 g/mol. The van der Waals surface area contributed by atoms with Crippen LogP contribution in [0.25, 0.3) is 10.6 Å². The Bertz CT molecular complexity index is 517. The lowest BCUT2D eigenvalue weighted by molar-refractivity contribution is 0.603. The highest BCUT2D eigenvalue weighted by molar-refractivity contribution is 9.10. The molecule has 0 aliphatic rings. The third kappa shape index (κ3) is 2.16. The average molecular weight is 312 g/mol. The normalized spacial score (nSPS) is 10.7. The smallest absolute Gasteiger partial charge is 0.209 e. The maximum atomic E-state index is 13.4. The Morgan fingerprint density at radius 2 is 2.00 bits per heavy atom. The van der Waals surface area contributed by atoms with Crippen LogP contribution in [0.3, 0.4) is 0 Å². The Labute approximate surface area is 101 Å². The molecule has 0 saturated heterocycles. The minimum Gasteiger partial charge on any atom is -0.209 e. The molecule has 2 aromatic rings. The van der Waals surface area contributed by atoms with Gasteiger partial charge in [-0.25, -0.2) is 13.8 Å². The summed E-state index contributed by atoms with van der Waals surface area (Å²) in [5.74, 6) is -1.30. The highest BCUT2D eigenvalue weighted by atomic mass is 79.9. The summed E-state index contributed by atoms with van der Waals surface area (Å²) in [7, 11) is 0. The van der Waals surface area contributed by atoms with Gasteiger partial charge in [0.1, 0.15) is 16.6 Å². The largest absolute Gasteiger partial charge is 0.209 e. The molecule has 1 aromatic heterocycles. The second kappa shape index (κ2) is 4.11. The first-order valence-electron chi connectivity index (χ1n) is 3.72. The van der Waals surface area contributed by atoms with Crippen molar-refractivity contribution in [1.29, 1.82) is 0 Å². The SMILES string of the molecule is Fc1cc(-c2nc(Br)ns2)c(F)cc1Cl. The van der Waals surface area contributed by atoms with Crippen molar-refractivity contribution in [2.45, 2.75) is 0 Å². The van der Waals surface area contributed by atoms with Crippen molar-refractivity contribution in [3.05, 3.63) is 33.5 Å². The number of halogens is 4. The fourth-order valence-corrected chi connectivity index (χ4v) is 2.25. The molecule has 7 heteroatoms. The first-order chi connectivity index (χ1) is 7.08. The molecule has 78 valence electrons. The van der Waals surface area contributed by atoms with E-state index in [1.807, 2.05) is 0 Å². The van der Waals surface area contributed by atoms with E-state index < -0.39 is 11.6 Å². The molecule has 0 aliphatic heterocycles. The zero-order valence-corrected chi connectivity index (χ0v) is 10.1. The van der Waals surface area contributed by atoms with E-state index in [0.29, 0.717) is 9.74 Å². The van der Waals surface area contributed by atoms with Gasteiger partial charge in [0.15, 0.2) is 0 Å². The Kier molecular flexibility index (Phi) is 2.99. The predicted molar refractivity (Wildman–Crippen MR) is 58.0 cm³/mol. The standard InChI is InChI=1S/C8H2BrClF2N2S/c9-8-13-7(15-14-8)3-1-6(12)4(10)2-5(3)11/h1-2H. The number of nitrogens with zero attached hydrogens (tertiary/aromatic N) is 2. The molecule has 0 unspecified atom stereocenters. The van der Waals surface area contributed by atoms with Crippen LogP contribution < -0.4 is 0 Å². The Balaban J connectivity index is 2.58. The maximum Gasteiger partial charge on any atom is 0.209 e. The van der Waals surface area contributed by atoms with Crippen LogP contribution in [-0.4, -0.2) is 9.36 Å². The van der Waals surface area contributed by atoms with E-state index in [1.54, 1.807) is 0 Å². The fourth-order valence-electron chi connectivity index (χ4n) is 1.00. The van der Waals surface area contributed by atoms with Gasteiger partial charge in [-0.3, -0.25) is 0 Å². The molecule has 2 nitrogen and oxygen atoms in total. The van der Waals surface area contributed by atoms with Crippen molar-refractivity contribution >= 4 is 39.1 Å². The average Bonchev–Trinajstić information content (AvgIpc) is 2.58. The van der Waals surface area contributed by atoms with Crippen LogP contribution in [0, 0.1) is 11.6 Å². The van der Waals surface area contributed by atoms with Crippen molar-refractivity contribution < 1.29 is 8.78 Å². The Hall–Kier alpha value is -0.590. The van der Waals surface area contributed by atoms with E-state index in [-0.39, 0.29) is 10.6 Å². The zero-order valence-electron chi connectivity index (χ0n) is 6.97. The summed E-state index contributed by atoms with van der Waals surface area (Å²) in [5, 5.41) is 0.0507. The second-order valence-corrected chi connectivity index (χ2v) is 4.48. The number of aromatic nitrogens is 2. The number of hydrogen-bond donors (Lipinski definition) is 0. The molecule has 1 aromatic carbocycles. The van der Waals surface area contributed by atoms with Gasteiger partial charge in [0.25, 0.3) is 0 Å². The van der Waals surface area contributed by atoms with E-state index in [0.717, 1.165) is 23.7 Å². The maximum absolute atomic E-state index is 13.4. The number of benzene rings is 1. The lowest BCUT2D eigenvalue weighted by Crippen LogP contribution is -1.87. The van der Waals surface area contributed by atoms with Crippen molar-refractivity contribution in [1.82, 2.24) is 9.36 Å². The molecule has 0 N–H and O–H groups in total. The van der Waals surface area contributed by atoms with E-state index in [4.69, 9.17) is 11.6 Å². The van der Waals surface area contributed by atoms with Crippen LogP contribution in [0.15, 0.2) is 16.9 Å². The van der Waals surface area contributed by atoms with Crippen molar-refractivity contribution in [2.24, 2.45) is 0 Å². The molecule has 0 aliphatic carbocycles. The van der Waals surface area contributed by atoms with Crippen molar-refractivity contribution in [3.63, 3.8) is 0 Å². The molecule has 0 bridgehead atoms. The fraction of sp³-hybridized carbons (Fsp3) is 0. The monoisotopic (exact) mass is 310 g/mol. The Morgan fingerprint density at radius 3 is 2.60 bits per heavy atom. The van der Waals surface area contributed by atoms with E-state index in [9.17, 15) is 8.78 Å². The highest BCUT2D eigenvalue weighted by Gasteiger charge is 2.13. The molecule has 0 spiro atoms. The first-order valence-corrected chi connectivity index (χ1v) is 5.66. The van der Waals surface area contributed by atoms with Gasteiger partial charge in [0.2, 0.25) is 4.73 Å². The van der Waals surface area contributed by atoms with Crippen molar-refractivity contribution in [2.75, 3.05) is 0 Å². The van der Waals surface area contributed by atoms with E-state index in [2.05, 4.69) is 25.3 Å². The molecule has 0 fully saturated rings. The molecule has 15 heavy (non-hydrogen) atoms. The molecule has 0 radical (unpaired) electrons. The minimum atomic E-state index is -0.681. The third-order valence-corrected chi connectivity index (χ3v) is 3.27. The van der Waals surface area contributed by atoms with Gasteiger partial charge in [-0.1, -0.05) is 11.6 Å². The second-order valence-electron chi connectivity index (χ2n) is 2.61. The van der Waals surface area contributed by atoms with Crippen LogP contribution >= 0.6 is 39.1 Å². The minimum absolute atomic E-state index is 0.0556. The van der Waals surface area contributed by atoms with Gasteiger partial charge >= 0.3 is 0 Å². The molecule has 0 amide bonds. The zero-order chi connectivity index (χ0) is 11.0. The van der Waals surface area contributed by atoms with Gasteiger partial charge in [0.05, 0.1) is 10.6 Å². The summed E-state index contributed by atoms with van der Waals surface area (Å²) < 4.78 is 30.7.